The number of nitrogen functional groups attached to an aromatic ring is 1. The van der Waals surface area contributed by atoms with E-state index in [4.69, 9.17) is 22.7 Å². The lowest BCUT2D eigenvalue weighted by Gasteiger charge is -2.07. The third-order valence-corrected chi connectivity index (χ3v) is 2.86. The summed E-state index contributed by atoms with van der Waals surface area (Å²) in [5.74, 6) is 0.153. The monoisotopic (exact) mass is 265 g/mol. The van der Waals surface area contributed by atoms with E-state index in [0.29, 0.717) is 11.6 Å². The highest BCUT2D eigenvalue weighted by molar-refractivity contribution is 6.31. The average Bonchev–Trinajstić information content (AvgIpc) is 2.77. The number of hydrogen-bond donors (Lipinski definition) is 3. The number of halogens is 1. The Hall–Kier alpha value is -2.08. The van der Waals surface area contributed by atoms with Crippen molar-refractivity contribution >= 4 is 23.3 Å². The van der Waals surface area contributed by atoms with Gasteiger partial charge in [0.25, 0.3) is 0 Å². The second-order valence-corrected chi connectivity index (χ2v) is 4.22. The molecule has 7 heteroatoms. The Balaban J connectivity index is 2.02. The predicted molar refractivity (Wildman–Crippen MR) is 68.6 cm³/mol. The van der Waals surface area contributed by atoms with E-state index in [1.807, 2.05) is 25.1 Å². The molecule has 18 heavy (non-hydrogen) atoms. The minimum absolute atomic E-state index is 0.0606. The zero-order valence-electron chi connectivity index (χ0n) is 9.70. The van der Waals surface area contributed by atoms with Gasteiger partial charge in [-0.1, -0.05) is 23.7 Å². The lowest BCUT2D eigenvalue weighted by atomic mass is 10.1. The number of aryl methyl sites for hydroxylation is 1. The zero-order valence-corrected chi connectivity index (χ0v) is 10.5. The van der Waals surface area contributed by atoms with Crippen LogP contribution < -0.4 is 11.1 Å². The van der Waals surface area contributed by atoms with Gasteiger partial charge in [-0.25, -0.2) is 4.63 Å². The fourth-order valence-corrected chi connectivity index (χ4v) is 1.59. The Kier molecular flexibility index (Phi) is 3.47. The van der Waals surface area contributed by atoms with E-state index in [0.717, 1.165) is 11.1 Å². The van der Waals surface area contributed by atoms with Crippen molar-refractivity contribution in [2.75, 3.05) is 5.73 Å². The van der Waals surface area contributed by atoms with Gasteiger partial charge in [-0.2, -0.15) is 0 Å². The summed E-state index contributed by atoms with van der Waals surface area (Å²) in [6, 6.07) is 5.71. The van der Waals surface area contributed by atoms with E-state index >= 15 is 0 Å². The third kappa shape index (κ3) is 2.60. The van der Waals surface area contributed by atoms with Crippen molar-refractivity contribution in [3.05, 3.63) is 40.0 Å². The summed E-state index contributed by atoms with van der Waals surface area (Å²) in [6.07, 6.45) is 0. The van der Waals surface area contributed by atoms with E-state index in [1.54, 1.807) is 0 Å². The molecule has 2 rings (SSSR count). The van der Waals surface area contributed by atoms with Crippen molar-refractivity contribution in [1.82, 2.24) is 15.6 Å². The maximum atomic E-state index is 7.75. The number of benzene rings is 1. The van der Waals surface area contributed by atoms with Gasteiger partial charge in [0, 0.05) is 11.6 Å². The van der Waals surface area contributed by atoms with Crippen LogP contribution in [0.2, 0.25) is 5.02 Å². The topological polar surface area (TPSA) is 101 Å². The number of nitrogens with one attached hydrogen (secondary N) is 2. The van der Waals surface area contributed by atoms with Crippen molar-refractivity contribution in [3.63, 3.8) is 0 Å². The number of aromatic nitrogens is 2. The molecule has 0 unspecified atom stereocenters. The van der Waals surface area contributed by atoms with Gasteiger partial charge >= 0.3 is 0 Å². The Bertz CT molecular complexity index is 581. The maximum absolute atomic E-state index is 7.75. The molecular formula is C11H12ClN5O. The molecule has 0 aliphatic rings. The molecule has 1 aromatic heterocycles. The highest BCUT2D eigenvalue weighted by Crippen LogP contribution is 2.16. The van der Waals surface area contributed by atoms with Crippen LogP contribution in [-0.4, -0.2) is 16.1 Å². The minimum Gasteiger partial charge on any atom is -0.379 e. The first-order valence-corrected chi connectivity index (χ1v) is 5.61. The predicted octanol–water partition coefficient (Wildman–Crippen LogP) is 1.73. The molecule has 0 bridgehead atoms. The highest BCUT2D eigenvalue weighted by Gasteiger charge is 2.11. The first kappa shape index (κ1) is 12.4. The van der Waals surface area contributed by atoms with Crippen LogP contribution in [0.4, 0.5) is 5.82 Å². The molecule has 2 aromatic rings. The number of nitrogens with zero attached hydrogens (tertiary/aromatic N) is 2. The number of nitrogens with two attached hydrogens (primary N) is 1. The summed E-state index contributed by atoms with van der Waals surface area (Å²) < 4.78 is 4.43. The molecule has 0 atom stereocenters. The van der Waals surface area contributed by atoms with Gasteiger partial charge in [-0.3, -0.25) is 5.41 Å². The maximum Gasteiger partial charge on any atom is 0.199 e. The molecule has 0 aliphatic carbocycles. The SMILES string of the molecule is Cc1ccc(CNC(=N)c2nonc2N)cc1Cl. The zero-order chi connectivity index (χ0) is 13.1. The lowest BCUT2D eigenvalue weighted by molar-refractivity contribution is 0.308. The fraction of sp³-hybridized carbons (Fsp3) is 0.182. The minimum atomic E-state index is 0.0606. The Labute approximate surface area is 109 Å². The first-order valence-electron chi connectivity index (χ1n) is 5.24. The molecule has 0 radical (unpaired) electrons. The van der Waals surface area contributed by atoms with Crippen LogP contribution in [0.1, 0.15) is 16.8 Å². The van der Waals surface area contributed by atoms with E-state index in [2.05, 4.69) is 20.3 Å². The summed E-state index contributed by atoms with van der Waals surface area (Å²) in [4.78, 5) is 0. The van der Waals surface area contributed by atoms with Crippen LogP contribution in [0.25, 0.3) is 0 Å². The molecular weight excluding hydrogens is 254 g/mol. The molecule has 1 aromatic carbocycles. The quantitative estimate of drug-likeness (QED) is 0.579. The van der Waals surface area contributed by atoms with Crippen LogP contribution in [0.3, 0.4) is 0 Å². The Morgan fingerprint density at radius 3 is 2.89 bits per heavy atom. The molecule has 6 nitrogen and oxygen atoms in total. The first-order chi connectivity index (χ1) is 8.58. The molecule has 0 saturated heterocycles. The van der Waals surface area contributed by atoms with Crippen LogP contribution in [-0.2, 0) is 6.54 Å². The van der Waals surface area contributed by atoms with E-state index in [-0.39, 0.29) is 17.3 Å². The number of anilines is 1. The van der Waals surface area contributed by atoms with Gasteiger partial charge in [0.2, 0.25) is 0 Å². The molecule has 1 heterocycles. The van der Waals surface area contributed by atoms with Gasteiger partial charge < -0.3 is 11.1 Å². The molecule has 0 amide bonds. The third-order valence-electron chi connectivity index (χ3n) is 2.46. The molecule has 94 valence electrons. The highest BCUT2D eigenvalue weighted by atomic mass is 35.5. The summed E-state index contributed by atoms with van der Waals surface area (Å²) in [7, 11) is 0. The largest absolute Gasteiger partial charge is 0.379 e. The van der Waals surface area contributed by atoms with E-state index in [9.17, 15) is 0 Å². The van der Waals surface area contributed by atoms with Crippen LogP contribution >= 0.6 is 11.6 Å². The summed E-state index contributed by atoms with van der Waals surface area (Å²) in [5.41, 5.74) is 7.66. The summed E-state index contributed by atoms with van der Waals surface area (Å²) >= 11 is 6.02. The molecule has 0 spiro atoms. The van der Waals surface area contributed by atoms with Crippen LogP contribution in [0.15, 0.2) is 22.8 Å². The van der Waals surface area contributed by atoms with Crippen LogP contribution in [0.5, 0.6) is 0 Å². The van der Waals surface area contributed by atoms with Gasteiger partial charge in [0.15, 0.2) is 17.3 Å². The van der Waals surface area contributed by atoms with Gasteiger partial charge in [-0.15, -0.1) is 0 Å². The van der Waals surface area contributed by atoms with Crippen molar-refractivity contribution in [3.8, 4) is 0 Å². The van der Waals surface area contributed by atoms with Crippen molar-refractivity contribution in [2.24, 2.45) is 0 Å². The Morgan fingerprint density at radius 2 is 2.28 bits per heavy atom. The Morgan fingerprint density at radius 1 is 1.50 bits per heavy atom. The van der Waals surface area contributed by atoms with Gasteiger partial charge in [-0.05, 0) is 34.4 Å². The van der Waals surface area contributed by atoms with E-state index in [1.165, 1.54) is 0 Å². The molecule has 4 N–H and O–H groups in total. The molecule has 0 aliphatic heterocycles. The average molecular weight is 266 g/mol. The second kappa shape index (κ2) is 5.05. The summed E-state index contributed by atoms with van der Waals surface area (Å²) in [6.45, 7) is 2.38. The van der Waals surface area contributed by atoms with Crippen LogP contribution in [0, 0.1) is 12.3 Å². The standard InChI is InChI=1S/C11H12ClN5O/c1-6-2-3-7(4-8(6)12)5-15-10(13)9-11(14)17-18-16-9/h2-4H,5H2,1H3,(H2,13,15)(H2,14,17). The van der Waals surface area contributed by atoms with Crippen molar-refractivity contribution < 1.29 is 4.63 Å². The number of hydrogen-bond acceptors (Lipinski definition) is 5. The lowest BCUT2D eigenvalue weighted by Crippen LogP contribution is -2.24. The van der Waals surface area contributed by atoms with E-state index < -0.39 is 0 Å². The van der Waals surface area contributed by atoms with Gasteiger partial charge in [0.1, 0.15) is 0 Å². The van der Waals surface area contributed by atoms with Crippen molar-refractivity contribution in [1.29, 1.82) is 5.41 Å². The van der Waals surface area contributed by atoms with Crippen molar-refractivity contribution in [2.45, 2.75) is 13.5 Å². The second-order valence-electron chi connectivity index (χ2n) is 3.81. The van der Waals surface area contributed by atoms with Gasteiger partial charge in [0.05, 0.1) is 0 Å². The number of amidine groups is 1. The number of rotatable bonds is 3. The normalized spacial score (nSPS) is 10.3. The molecule has 0 fully saturated rings. The fourth-order valence-electron chi connectivity index (χ4n) is 1.39. The smallest absolute Gasteiger partial charge is 0.199 e. The summed E-state index contributed by atoms with van der Waals surface area (Å²) in [5, 5.41) is 18.3. The molecule has 0 saturated carbocycles.